The van der Waals surface area contributed by atoms with Crippen LogP contribution in [0.2, 0.25) is 0 Å². The molecule has 1 unspecified atom stereocenters. The first-order chi connectivity index (χ1) is 13.4. The van der Waals surface area contributed by atoms with Gasteiger partial charge in [-0.2, -0.15) is 0 Å². The molecule has 1 aromatic carbocycles. The highest BCUT2D eigenvalue weighted by Crippen LogP contribution is 2.23. The van der Waals surface area contributed by atoms with Gasteiger partial charge in [0, 0.05) is 36.9 Å². The van der Waals surface area contributed by atoms with Gasteiger partial charge < -0.3 is 20.2 Å². The van der Waals surface area contributed by atoms with Crippen molar-refractivity contribution in [2.75, 3.05) is 25.0 Å². The zero-order valence-electron chi connectivity index (χ0n) is 16.6. The number of likely N-dealkylation sites (tertiary alicyclic amines) is 2. The molecule has 2 heterocycles. The van der Waals surface area contributed by atoms with Gasteiger partial charge in [0.25, 0.3) is 5.91 Å². The fourth-order valence-electron chi connectivity index (χ4n) is 4.03. The number of carbonyl (C=O) groups is 3. The van der Waals surface area contributed by atoms with Crippen LogP contribution in [0.25, 0.3) is 0 Å². The van der Waals surface area contributed by atoms with Crippen LogP contribution in [-0.4, -0.2) is 58.5 Å². The summed E-state index contributed by atoms with van der Waals surface area (Å²) < 4.78 is 0. The molecular formula is C21H29N3O4. The van der Waals surface area contributed by atoms with E-state index < -0.39 is 5.97 Å². The van der Waals surface area contributed by atoms with Crippen molar-refractivity contribution in [3.63, 3.8) is 0 Å². The van der Waals surface area contributed by atoms with Crippen LogP contribution in [0.1, 0.15) is 54.9 Å². The van der Waals surface area contributed by atoms with Crippen LogP contribution < -0.4 is 5.32 Å². The molecule has 28 heavy (non-hydrogen) atoms. The van der Waals surface area contributed by atoms with Gasteiger partial charge in [-0.3, -0.25) is 9.59 Å². The number of nitrogens with one attached hydrogen (secondary N) is 1. The van der Waals surface area contributed by atoms with Gasteiger partial charge in [0.15, 0.2) is 0 Å². The van der Waals surface area contributed by atoms with E-state index in [0.717, 1.165) is 24.9 Å². The summed E-state index contributed by atoms with van der Waals surface area (Å²) in [5, 5.41) is 12.0. The van der Waals surface area contributed by atoms with Crippen molar-refractivity contribution >= 4 is 23.6 Å². The number of carbonyl (C=O) groups excluding carboxylic acids is 2. The standard InChI is InChI=1S/C21H29N3O4/c1-14-13-17(19(25)24-10-4-3-5-15(24)2)6-7-18(14)22-21(28)23-11-8-16(9-12-23)20(26)27/h6-7,13,15-16H,3-5,8-12H2,1-2H3,(H,22,28)(H,26,27). The van der Waals surface area contributed by atoms with Crippen molar-refractivity contribution < 1.29 is 19.5 Å². The van der Waals surface area contributed by atoms with Gasteiger partial charge in [0.1, 0.15) is 0 Å². The van der Waals surface area contributed by atoms with E-state index in [-0.39, 0.29) is 23.9 Å². The molecule has 1 atom stereocenters. The number of piperidine rings is 2. The van der Waals surface area contributed by atoms with Crippen molar-refractivity contribution in [1.29, 1.82) is 0 Å². The summed E-state index contributed by atoms with van der Waals surface area (Å²) in [4.78, 5) is 39.9. The normalized spacial score (nSPS) is 20.7. The first-order valence-corrected chi connectivity index (χ1v) is 10.1. The third-order valence-electron chi connectivity index (χ3n) is 5.91. The predicted octanol–water partition coefficient (Wildman–Crippen LogP) is 3.34. The number of carboxylic acid groups (broad SMARTS) is 1. The van der Waals surface area contributed by atoms with Gasteiger partial charge in [-0.1, -0.05) is 0 Å². The third-order valence-corrected chi connectivity index (χ3v) is 5.91. The van der Waals surface area contributed by atoms with Crippen LogP contribution in [0, 0.1) is 12.8 Å². The smallest absolute Gasteiger partial charge is 0.321 e. The van der Waals surface area contributed by atoms with Gasteiger partial charge in [0.05, 0.1) is 5.92 Å². The van der Waals surface area contributed by atoms with E-state index in [1.807, 2.05) is 17.9 Å². The largest absolute Gasteiger partial charge is 0.481 e. The highest BCUT2D eigenvalue weighted by atomic mass is 16.4. The Balaban J connectivity index is 1.62. The molecule has 152 valence electrons. The number of amides is 3. The molecule has 3 rings (SSSR count). The highest BCUT2D eigenvalue weighted by molar-refractivity contribution is 5.96. The lowest BCUT2D eigenvalue weighted by atomic mass is 9.97. The predicted molar refractivity (Wildman–Crippen MR) is 106 cm³/mol. The molecule has 0 aliphatic carbocycles. The van der Waals surface area contributed by atoms with Crippen molar-refractivity contribution in [3.05, 3.63) is 29.3 Å². The van der Waals surface area contributed by atoms with Gasteiger partial charge in [-0.15, -0.1) is 0 Å². The minimum Gasteiger partial charge on any atom is -0.481 e. The summed E-state index contributed by atoms with van der Waals surface area (Å²) in [6, 6.07) is 5.41. The molecule has 0 saturated carbocycles. The zero-order valence-corrected chi connectivity index (χ0v) is 16.6. The average molecular weight is 387 g/mol. The van der Waals surface area contributed by atoms with Crippen LogP contribution in [-0.2, 0) is 4.79 Å². The Hall–Kier alpha value is -2.57. The number of hydrogen-bond acceptors (Lipinski definition) is 3. The Labute approximate surface area is 165 Å². The fraction of sp³-hybridized carbons (Fsp3) is 0.571. The number of hydrogen-bond donors (Lipinski definition) is 2. The lowest BCUT2D eigenvalue weighted by Crippen LogP contribution is -2.42. The van der Waals surface area contributed by atoms with Crippen molar-refractivity contribution in [2.24, 2.45) is 5.92 Å². The fourth-order valence-corrected chi connectivity index (χ4v) is 4.03. The van der Waals surface area contributed by atoms with Gasteiger partial charge in [-0.25, -0.2) is 4.79 Å². The van der Waals surface area contributed by atoms with Crippen LogP contribution in [0.15, 0.2) is 18.2 Å². The first-order valence-electron chi connectivity index (χ1n) is 10.1. The van der Waals surface area contributed by atoms with Crippen molar-refractivity contribution in [3.8, 4) is 0 Å². The van der Waals surface area contributed by atoms with Crippen LogP contribution in [0.5, 0.6) is 0 Å². The molecule has 0 radical (unpaired) electrons. The van der Waals surface area contributed by atoms with E-state index >= 15 is 0 Å². The molecule has 2 saturated heterocycles. The summed E-state index contributed by atoms with van der Waals surface area (Å²) in [6.45, 7) is 5.63. The SMILES string of the molecule is Cc1cc(C(=O)N2CCCCC2C)ccc1NC(=O)N1CCC(C(=O)O)CC1. The molecule has 0 spiro atoms. The van der Waals surface area contributed by atoms with Crippen LogP contribution in [0.3, 0.4) is 0 Å². The molecule has 0 aromatic heterocycles. The number of anilines is 1. The minimum atomic E-state index is -0.792. The van der Waals surface area contributed by atoms with E-state index in [1.54, 1.807) is 17.0 Å². The van der Waals surface area contributed by atoms with Crippen LogP contribution in [0.4, 0.5) is 10.5 Å². The van der Waals surface area contributed by atoms with Crippen LogP contribution >= 0.6 is 0 Å². The topological polar surface area (TPSA) is 90.0 Å². The Bertz CT molecular complexity index is 756. The number of nitrogens with zero attached hydrogens (tertiary/aromatic N) is 2. The van der Waals surface area contributed by atoms with E-state index in [0.29, 0.717) is 37.2 Å². The Kier molecular flexibility index (Phi) is 6.21. The van der Waals surface area contributed by atoms with E-state index in [4.69, 9.17) is 5.11 Å². The number of aliphatic carboxylic acids is 1. The number of rotatable bonds is 3. The summed E-state index contributed by atoms with van der Waals surface area (Å²) >= 11 is 0. The number of carboxylic acids is 1. The van der Waals surface area contributed by atoms with Crippen molar-refractivity contribution in [2.45, 2.75) is 52.0 Å². The Morgan fingerprint density at radius 3 is 2.39 bits per heavy atom. The van der Waals surface area contributed by atoms with E-state index in [1.165, 1.54) is 6.42 Å². The molecule has 2 fully saturated rings. The quantitative estimate of drug-likeness (QED) is 0.832. The van der Waals surface area contributed by atoms with E-state index in [2.05, 4.69) is 12.2 Å². The second kappa shape index (κ2) is 8.63. The number of urea groups is 1. The second-order valence-corrected chi connectivity index (χ2v) is 7.90. The minimum absolute atomic E-state index is 0.0453. The van der Waals surface area contributed by atoms with Crippen molar-refractivity contribution in [1.82, 2.24) is 9.80 Å². The second-order valence-electron chi connectivity index (χ2n) is 7.90. The third kappa shape index (κ3) is 4.46. The molecular weight excluding hydrogens is 358 g/mol. The van der Waals surface area contributed by atoms with Gasteiger partial charge in [-0.05, 0) is 69.7 Å². The molecule has 2 aliphatic rings. The lowest BCUT2D eigenvalue weighted by molar-refractivity contribution is -0.143. The maximum Gasteiger partial charge on any atom is 0.321 e. The maximum absolute atomic E-state index is 12.8. The molecule has 3 amide bonds. The van der Waals surface area contributed by atoms with E-state index in [9.17, 15) is 14.4 Å². The summed E-state index contributed by atoms with van der Waals surface area (Å²) in [6.07, 6.45) is 4.20. The average Bonchev–Trinajstić information content (AvgIpc) is 2.69. The zero-order chi connectivity index (χ0) is 20.3. The van der Waals surface area contributed by atoms with Gasteiger partial charge >= 0.3 is 12.0 Å². The number of benzene rings is 1. The molecule has 0 bridgehead atoms. The first kappa shape index (κ1) is 20.2. The summed E-state index contributed by atoms with van der Waals surface area (Å²) in [5.41, 5.74) is 2.16. The molecule has 7 nitrogen and oxygen atoms in total. The summed E-state index contributed by atoms with van der Waals surface area (Å²) in [7, 11) is 0. The molecule has 1 aromatic rings. The monoisotopic (exact) mass is 387 g/mol. The van der Waals surface area contributed by atoms with Gasteiger partial charge in [0.2, 0.25) is 0 Å². The molecule has 2 aliphatic heterocycles. The lowest BCUT2D eigenvalue weighted by Gasteiger charge is -2.33. The Morgan fingerprint density at radius 2 is 1.79 bits per heavy atom. The molecule has 7 heteroatoms. The Morgan fingerprint density at radius 1 is 1.07 bits per heavy atom. The summed E-state index contributed by atoms with van der Waals surface area (Å²) in [5.74, 6) is -1.11. The molecule has 2 N–H and O–H groups in total. The number of aryl methyl sites for hydroxylation is 1. The highest BCUT2D eigenvalue weighted by Gasteiger charge is 2.28. The maximum atomic E-state index is 12.8.